The van der Waals surface area contributed by atoms with E-state index in [4.69, 9.17) is 0 Å². The van der Waals surface area contributed by atoms with Gasteiger partial charge in [-0.15, -0.1) is 0 Å². The van der Waals surface area contributed by atoms with Gasteiger partial charge in [0.05, 0.1) is 5.75 Å². The van der Waals surface area contributed by atoms with Gasteiger partial charge in [-0.05, 0) is 18.4 Å². The molecule has 3 nitrogen and oxygen atoms in total. The zero-order valence-corrected chi connectivity index (χ0v) is 10.4. The van der Waals surface area contributed by atoms with Gasteiger partial charge < -0.3 is 0 Å². The Morgan fingerprint density at radius 3 is 2.43 bits per heavy atom. The number of hydrogen-bond donors (Lipinski definition) is 0. The first-order chi connectivity index (χ1) is 6.52. The van der Waals surface area contributed by atoms with Crippen LogP contribution in [0.4, 0.5) is 0 Å². The lowest BCUT2D eigenvalue weighted by atomic mass is 10.2. The molecule has 0 spiro atoms. The number of rotatable bonds is 8. The molecule has 0 unspecified atom stereocenters. The molecular formula is C9H18O3S2. The average Bonchev–Trinajstić information content (AvgIpc) is 2.14. The summed E-state index contributed by atoms with van der Waals surface area (Å²) in [6.07, 6.45) is 3.39. The fourth-order valence-corrected chi connectivity index (χ4v) is 2.28. The Morgan fingerprint density at radius 2 is 1.93 bits per heavy atom. The standard InChI is InChI=1S/C9H18O3S2/c1-3-14(11,12)8-4-5-9(10)6-7-13-2/h3-8H2,1-2H3. The van der Waals surface area contributed by atoms with E-state index in [-0.39, 0.29) is 17.3 Å². The first-order valence-electron chi connectivity index (χ1n) is 4.73. The highest BCUT2D eigenvalue weighted by Crippen LogP contribution is 2.03. The molecule has 0 saturated carbocycles. The molecule has 0 rings (SSSR count). The highest BCUT2D eigenvalue weighted by molar-refractivity contribution is 7.98. The molecule has 0 fully saturated rings. The molecule has 0 aromatic heterocycles. The van der Waals surface area contributed by atoms with Crippen LogP contribution in [0.1, 0.15) is 26.2 Å². The number of carbonyl (C=O) groups excluding carboxylic acids is 1. The second-order valence-corrected chi connectivity index (χ2v) is 6.58. The third-order valence-corrected chi connectivity index (χ3v) is 4.34. The zero-order valence-electron chi connectivity index (χ0n) is 8.78. The van der Waals surface area contributed by atoms with Gasteiger partial charge in [-0.3, -0.25) is 4.79 Å². The second-order valence-electron chi connectivity index (χ2n) is 3.12. The van der Waals surface area contributed by atoms with Gasteiger partial charge in [0.2, 0.25) is 0 Å². The quantitative estimate of drug-likeness (QED) is 0.643. The van der Waals surface area contributed by atoms with Crippen molar-refractivity contribution in [3.05, 3.63) is 0 Å². The van der Waals surface area contributed by atoms with Crippen molar-refractivity contribution in [2.45, 2.75) is 26.2 Å². The molecule has 0 bridgehead atoms. The maximum atomic E-state index is 11.2. The van der Waals surface area contributed by atoms with Crippen LogP contribution < -0.4 is 0 Å². The molecular weight excluding hydrogens is 220 g/mol. The van der Waals surface area contributed by atoms with Crippen LogP contribution in [0.25, 0.3) is 0 Å². The molecule has 0 N–H and O–H groups in total. The lowest BCUT2D eigenvalue weighted by Gasteiger charge is -2.00. The van der Waals surface area contributed by atoms with Crippen molar-refractivity contribution in [2.75, 3.05) is 23.5 Å². The third-order valence-electron chi connectivity index (χ3n) is 1.94. The Bertz CT molecular complexity index is 257. The van der Waals surface area contributed by atoms with Crippen molar-refractivity contribution in [2.24, 2.45) is 0 Å². The summed E-state index contributed by atoms with van der Waals surface area (Å²) in [4.78, 5) is 11.2. The predicted molar refractivity (Wildman–Crippen MR) is 61.6 cm³/mol. The average molecular weight is 238 g/mol. The smallest absolute Gasteiger partial charge is 0.150 e. The summed E-state index contributed by atoms with van der Waals surface area (Å²) in [5, 5.41) is 0. The number of ketones is 1. The first kappa shape index (κ1) is 14.0. The van der Waals surface area contributed by atoms with E-state index < -0.39 is 9.84 Å². The minimum atomic E-state index is -2.89. The second kappa shape index (κ2) is 7.29. The topological polar surface area (TPSA) is 51.2 Å². The Balaban J connectivity index is 3.59. The summed E-state index contributed by atoms with van der Waals surface area (Å²) in [5.41, 5.74) is 0. The highest BCUT2D eigenvalue weighted by Gasteiger charge is 2.08. The Kier molecular flexibility index (Phi) is 7.27. The lowest BCUT2D eigenvalue weighted by molar-refractivity contribution is -0.118. The van der Waals surface area contributed by atoms with E-state index >= 15 is 0 Å². The molecule has 84 valence electrons. The van der Waals surface area contributed by atoms with E-state index in [1.807, 2.05) is 6.26 Å². The van der Waals surface area contributed by atoms with Gasteiger partial charge in [0.25, 0.3) is 0 Å². The van der Waals surface area contributed by atoms with E-state index in [1.54, 1.807) is 18.7 Å². The van der Waals surface area contributed by atoms with Crippen molar-refractivity contribution in [3.63, 3.8) is 0 Å². The summed E-state index contributed by atoms with van der Waals surface area (Å²) >= 11 is 1.63. The molecule has 0 aliphatic heterocycles. The van der Waals surface area contributed by atoms with Crippen molar-refractivity contribution in [1.82, 2.24) is 0 Å². The fraction of sp³-hybridized carbons (Fsp3) is 0.889. The van der Waals surface area contributed by atoms with Crippen LogP contribution in [0.5, 0.6) is 0 Å². The summed E-state index contributed by atoms with van der Waals surface area (Å²) in [5.74, 6) is 1.32. The van der Waals surface area contributed by atoms with Gasteiger partial charge in [-0.1, -0.05) is 6.92 Å². The monoisotopic (exact) mass is 238 g/mol. The lowest BCUT2D eigenvalue weighted by Crippen LogP contribution is -2.10. The fourth-order valence-electron chi connectivity index (χ4n) is 0.974. The van der Waals surface area contributed by atoms with E-state index in [0.29, 0.717) is 19.3 Å². The molecule has 0 aliphatic carbocycles. The van der Waals surface area contributed by atoms with E-state index in [2.05, 4.69) is 0 Å². The molecule has 14 heavy (non-hydrogen) atoms. The summed E-state index contributed by atoms with van der Waals surface area (Å²) < 4.78 is 22.2. The molecule has 0 atom stereocenters. The normalized spacial score (nSPS) is 11.6. The summed E-state index contributed by atoms with van der Waals surface area (Å²) in [6.45, 7) is 1.63. The Morgan fingerprint density at radius 1 is 1.29 bits per heavy atom. The highest BCUT2D eigenvalue weighted by atomic mass is 32.2. The van der Waals surface area contributed by atoms with Crippen LogP contribution in [0.3, 0.4) is 0 Å². The minimum Gasteiger partial charge on any atom is -0.300 e. The minimum absolute atomic E-state index is 0.147. The van der Waals surface area contributed by atoms with Crippen molar-refractivity contribution < 1.29 is 13.2 Å². The van der Waals surface area contributed by atoms with Gasteiger partial charge in [0.15, 0.2) is 0 Å². The molecule has 0 saturated heterocycles. The van der Waals surface area contributed by atoms with Gasteiger partial charge in [0.1, 0.15) is 15.6 Å². The van der Waals surface area contributed by atoms with Crippen LogP contribution in [-0.4, -0.2) is 37.7 Å². The summed E-state index contributed by atoms with van der Waals surface area (Å²) in [7, 11) is -2.89. The predicted octanol–water partition coefficient (Wildman–Crippen LogP) is 1.52. The van der Waals surface area contributed by atoms with E-state index in [1.165, 1.54) is 0 Å². The number of thioether (sulfide) groups is 1. The molecule has 5 heteroatoms. The van der Waals surface area contributed by atoms with E-state index in [9.17, 15) is 13.2 Å². The molecule has 0 amide bonds. The Labute approximate surface area is 90.6 Å². The van der Waals surface area contributed by atoms with Crippen LogP contribution in [-0.2, 0) is 14.6 Å². The third kappa shape index (κ3) is 7.38. The summed E-state index contributed by atoms with van der Waals surface area (Å²) in [6, 6.07) is 0. The number of sulfone groups is 1. The van der Waals surface area contributed by atoms with Crippen LogP contribution >= 0.6 is 11.8 Å². The molecule has 0 aromatic rings. The molecule has 0 aliphatic rings. The first-order valence-corrected chi connectivity index (χ1v) is 7.94. The zero-order chi connectivity index (χ0) is 11.0. The van der Waals surface area contributed by atoms with E-state index in [0.717, 1.165) is 5.75 Å². The van der Waals surface area contributed by atoms with Crippen molar-refractivity contribution >= 4 is 27.4 Å². The van der Waals surface area contributed by atoms with Gasteiger partial charge in [-0.2, -0.15) is 11.8 Å². The van der Waals surface area contributed by atoms with Gasteiger partial charge in [-0.25, -0.2) is 8.42 Å². The maximum Gasteiger partial charge on any atom is 0.150 e. The van der Waals surface area contributed by atoms with Crippen LogP contribution in [0, 0.1) is 0 Å². The maximum absolute atomic E-state index is 11.2. The number of carbonyl (C=O) groups is 1. The molecule has 0 radical (unpaired) electrons. The number of hydrogen-bond acceptors (Lipinski definition) is 4. The van der Waals surface area contributed by atoms with Gasteiger partial charge in [0, 0.05) is 18.6 Å². The SMILES string of the molecule is CCS(=O)(=O)CCCC(=O)CCSC. The molecule has 0 heterocycles. The van der Waals surface area contributed by atoms with Crippen LogP contribution in [0.15, 0.2) is 0 Å². The number of Topliss-reactive ketones (excluding diaryl/α,β-unsaturated/α-hetero) is 1. The largest absolute Gasteiger partial charge is 0.300 e. The van der Waals surface area contributed by atoms with Gasteiger partial charge >= 0.3 is 0 Å². The Hall–Kier alpha value is -0.0300. The van der Waals surface area contributed by atoms with Crippen LogP contribution in [0.2, 0.25) is 0 Å². The molecule has 0 aromatic carbocycles. The van der Waals surface area contributed by atoms with Crippen molar-refractivity contribution in [1.29, 1.82) is 0 Å². The van der Waals surface area contributed by atoms with Crippen molar-refractivity contribution in [3.8, 4) is 0 Å².